The van der Waals surface area contributed by atoms with E-state index in [1.165, 1.54) is 24.3 Å². The van der Waals surface area contributed by atoms with Crippen LogP contribution in [0.3, 0.4) is 0 Å². The number of halogens is 6. The van der Waals surface area contributed by atoms with Gasteiger partial charge in [-0.3, -0.25) is 4.79 Å². The molecule has 0 aliphatic heterocycles. The Morgan fingerprint density at radius 1 is 0.732 bits per heavy atom. The molecule has 0 aliphatic rings. The Labute approximate surface area is 231 Å². The normalized spacial score (nSPS) is 12.1. The molecule has 210 valence electrons. The highest BCUT2D eigenvalue weighted by Crippen LogP contribution is 2.33. The lowest BCUT2D eigenvalue weighted by Crippen LogP contribution is -2.13. The molecule has 1 N–H and O–H groups in total. The van der Waals surface area contributed by atoms with E-state index < -0.39 is 23.5 Å². The fourth-order valence-electron chi connectivity index (χ4n) is 4.67. The highest BCUT2D eigenvalue weighted by Gasteiger charge is 2.31. The molecule has 0 unspecified atom stereocenters. The van der Waals surface area contributed by atoms with Gasteiger partial charge in [0, 0.05) is 23.7 Å². The topological polar surface area (TPSA) is 34.0 Å². The van der Waals surface area contributed by atoms with Gasteiger partial charge in [-0.2, -0.15) is 26.3 Å². The van der Waals surface area contributed by atoms with Crippen molar-refractivity contribution in [3.05, 3.63) is 129 Å². The number of aryl methyl sites for hydroxylation is 2. The molecule has 41 heavy (non-hydrogen) atoms. The third-order valence-electron chi connectivity index (χ3n) is 7.07. The molecule has 4 aromatic carbocycles. The quantitative estimate of drug-likeness (QED) is 0.216. The maximum Gasteiger partial charge on any atom is 0.416 e. The summed E-state index contributed by atoms with van der Waals surface area (Å²) >= 11 is 0. The van der Waals surface area contributed by atoms with Crippen molar-refractivity contribution in [3.8, 4) is 16.8 Å². The van der Waals surface area contributed by atoms with Crippen LogP contribution in [0.2, 0.25) is 0 Å². The van der Waals surface area contributed by atoms with Crippen LogP contribution in [-0.4, -0.2) is 4.57 Å². The van der Waals surface area contributed by atoms with Gasteiger partial charge in [0.15, 0.2) is 5.43 Å². The number of hydrogen-bond donors (Lipinski definition) is 1. The van der Waals surface area contributed by atoms with E-state index in [4.69, 9.17) is 0 Å². The summed E-state index contributed by atoms with van der Waals surface area (Å²) in [6.45, 7) is 4.09. The molecule has 0 radical (unpaired) electrons. The molecular weight excluding hydrogens is 542 g/mol. The monoisotopic (exact) mass is 566 g/mol. The standard InChI is InChI=1S/C32H24F6N2O/c1-19-15-27(39-17-21-7-11-23(12-8-21)31(33,34)35)29(16-20(19)2)40-18-26(30(41)25-5-3-4-6-28(25)40)22-9-13-24(14-10-22)32(36,37)38/h3-16,18,39H,17H2,1-2H3. The minimum Gasteiger partial charge on any atom is -0.379 e. The number of para-hydroxylation sites is 1. The summed E-state index contributed by atoms with van der Waals surface area (Å²) in [5, 5.41) is 3.70. The Morgan fingerprint density at radius 2 is 1.29 bits per heavy atom. The van der Waals surface area contributed by atoms with Gasteiger partial charge in [0.25, 0.3) is 0 Å². The van der Waals surface area contributed by atoms with Gasteiger partial charge in [-0.25, -0.2) is 0 Å². The van der Waals surface area contributed by atoms with Gasteiger partial charge in [-0.15, -0.1) is 0 Å². The molecule has 1 aromatic heterocycles. The second-order valence-electron chi connectivity index (χ2n) is 9.84. The number of pyridine rings is 1. The van der Waals surface area contributed by atoms with Crippen LogP contribution in [-0.2, 0) is 18.9 Å². The first-order valence-electron chi connectivity index (χ1n) is 12.7. The molecule has 0 saturated heterocycles. The molecule has 0 fully saturated rings. The fourth-order valence-corrected chi connectivity index (χ4v) is 4.67. The summed E-state index contributed by atoms with van der Waals surface area (Å²) in [5.74, 6) is 0. The van der Waals surface area contributed by atoms with Gasteiger partial charge in [0.1, 0.15) is 0 Å². The van der Waals surface area contributed by atoms with Gasteiger partial charge < -0.3 is 9.88 Å². The summed E-state index contributed by atoms with van der Waals surface area (Å²) in [5.41, 5.74) is 3.19. The van der Waals surface area contributed by atoms with E-state index in [1.54, 1.807) is 30.5 Å². The Kier molecular flexibility index (Phi) is 7.15. The molecule has 5 aromatic rings. The maximum absolute atomic E-state index is 13.5. The minimum absolute atomic E-state index is 0.226. The molecule has 3 nitrogen and oxygen atoms in total. The number of fused-ring (bicyclic) bond motifs is 1. The number of aromatic nitrogens is 1. The van der Waals surface area contributed by atoms with E-state index in [1.807, 2.05) is 30.5 Å². The molecule has 0 aliphatic carbocycles. The zero-order valence-corrected chi connectivity index (χ0v) is 22.0. The van der Waals surface area contributed by atoms with Crippen LogP contribution in [0.15, 0.2) is 95.9 Å². The minimum atomic E-state index is -4.50. The van der Waals surface area contributed by atoms with Gasteiger partial charge in [-0.05, 0) is 84.6 Å². The van der Waals surface area contributed by atoms with E-state index in [0.717, 1.165) is 35.4 Å². The van der Waals surface area contributed by atoms with E-state index in [0.29, 0.717) is 33.4 Å². The van der Waals surface area contributed by atoms with Gasteiger partial charge >= 0.3 is 12.4 Å². The molecule has 0 saturated carbocycles. The molecule has 9 heteroatoms. The lowest BCUT2D eigenvalue weighted by atomic mass is 10.0. The van der Waals surface area contributed by atoms with Crippen molar-refractivity contribution in [2.24, 2.45) is 0 Å². The van der Waals surface area contributed by atoms with E-state index in [2.05, 4.69) is 5.32 Å². The number of nitrogens with zero attached hydrogens (tertiary/aromatic N) is 1. The first-order chi connectivity index (χ1) is 19.3. The zero-order valence-electron chi connectivity index (χ0n) is 22.0. The highest BCUT2D eigenvalue weighted by atomic mass is 19.4. The number of nitrogens with one attached hydrogen (secondary N) is 1. The van der Waals surface area contributed by atoms with Crippen molar-refractivity contribution in [1.82, 2.24) is 4.57 Å². The zero-order chi connectivity index (χ0) is 29.5. The largest absolute Gasteiger partial charge is 0.416 e. The van der Waals surface area contributed by atoms with Crippen LogP contribution in [0.25, 0.3) is 27.7 Å². The van der Waals surface area contributed by atoms with Crippen LogP contribution in [0, 0.1) is 13.8 Å². The fraction of sp³-hybridized carbons (Fsp3) is 0.156. The first kappa shape index (κ1) is 28.0. The smallest absolute Gasteiger partial charge is 0.379 e. The van der Waals surface area contributed by atoms with Crippen molar-refractivity contribution < 1.29 is 26.3 Å². The average molecular weight is 567 g/mol. The summed E-state index contributed by atoms with van der Waals surface area (Å²) < 4.78 is 80.2. The van der Waals surface area contributed by atoms with Crippen LogP contribution in [0.5, 0.6) is 0 Å². The molecule has 0 bridgehead atoms. The summed E-state index contributed by atoms with van der Waals surface area (Å²) in [4.78, 5) is 13.5. The SMILES string of the molecule is Cc1cc(NCc2ccc(C(F)(F)F)cc2)c(-n2cc(-c3ccc(C(F)(F)F)cc3)c(=O)c3ccccc32)cc1C. The summed E-state index contributed by atoms with van der Waals surface area (Å²) in [6.07, 6.45) is -7.32. The number of benzene rings is 4. The third-order valence-corrected chi connectivity index (χ3v) is 7.07. The highest BCUT2D eigenvalue weighted by molar-refractivity contribution is 5.86. The lowest BCUT2D eigenvalue weighted by Gasteiger charge is -2.20. The van der Waals surface area contributed by atoms with Crippen molar-refractivity contribution in [3.63, 3.8) is 0 Å². The van der Waals surface area contributed by atoms with Gasteiger partial charge in [0.2, 0.25) is 0 Å². The van der Waals surface area contributed by atoms with Crippen LogP contribution in [0.1, 0.15) is 27.8 Å². The Hall–Kier alpha value is -4.53. The lowest BCUT2D eigenvalue weighted by molar-refractivity contribution is -0.138. The van der Waals surface area contributed by atoms with E-state index >= 15 is 0 Å². The van der Waals surface area contributed by atoms with Gasteiger partial charge in [0.05, 0.1) is 28.0 Å². The van der Waals surface area contributed by atoms with Crippen LogP contribution in [0.4, 0.5) is 32.0 Å². The first-order valence-corrected chi connectivity index (χ1v) is 12.7. The average Bonchev–Trinajstić information content (AvgIpc) is 2.93. The van der Waals surface area contributed by atoms with E-state index in [9.17, 15) is 31.1 Å². The van der Waals surface area contributed by atoms with Crippen molar-refractivity contribution in [2.45, 2.75) is 32.7 Å². The number of hydrogen-bond acceptors (Lipinski definition) is 2. The number of rotatable bonds is 5. The second kappa shape index (κ2) is 10.5. The molecular formula is C32H24F6N2O. The third kappa shape index (κ3) is 5.70. The Balaban J connectivity index is 1.62. The van der Waals surface area contributed by atoms with Crippen molar-refractivity contribution in [2.75, 3.05) is 5.32 Å². The van der Waals surface area contributed by atoms with Crippen LogP contribution >= 0.6 is 0 Å². The van der Waals surface area contributed by atoms with Crippen LogP contribution < -0.4 is 10.7 Å². The van der Waals surface area contributed by atoms with Crippen molar-refractivity contribution >= 4 is 16.6 Å². The van der Waals surface area contributed by atoms with Crippen molar-refractivity contribution in [1.29, 1.82) is 0 Å². The predicted molar refractivity (Wildman–Crippen MR) is 148 cm³/mol. The number of anilines is 1. The molecule has 0 atom stereocenters. The van der Waals surface area contributed by atoms with E-state index in [-0.39, 0.29) is 17.5 Å². The predicted octanol–water partition coefficient (Wildman–Crippen LogP) is 8.92. The number of alkyl halides is 6. The Bertz CT molecular complexity index is 1780. The van der Waals surface area contributed by atoms with Gasteiger partial charge in [-0.1, -0.05) is 36.4 Å². The molecule has 0 amide bonds. The molecule has 1 heterocycles. The molecule has 5 rings (SSSR count). The maximum atomic E-state index is 13.5. The second-order valence-corrected chi connectivity index (χ2v) is 9.84. The Morgan fingerprint density at radius 3 is 1.90 bits per heavy atom. The molecule has 0 spiro atoms. The summed E-state index contributed by atoms with van der Waals surface area (Å²) in [6, 6.07) is 20.1. The summed E-state index contributed by atoms with van der Waals surface area (Å²) in [7, 11) is 0.